The summed E-state index contributed by atoms with van der Waals surface area (Å²) in [6.45, 7) is 6.96. The Hall–Kier alpha value is -2.22. The number of rotatable bonds is 3. The van der Waals surface area contributed by atoms with Crippen molar-refractivity contribution in [3.63, 3.8) is 0 Å². The lowest BCUT2D eigenvalue weighted by molar-refractivity contribution is -0.119. The highest BCUT2D eigenvalue weighted by Crippen LogP contribution is 2.18. The fraction of sp³-hybridized carbons (Fsp3) is 0.571. The van der Waals surface area contributed by atoms with Gasteiger partial charge >= 0.3 is 6.09 Å². The van der Waals surface area contributed by atoms with Crippen LogP contribution < -0.4 is 0 Å². The molecule has 8 heteroatoms. The number of carbonyl (C=O) groups excluding carboxylic acids is 2. The Kier molecular flexibility index (Phi) is 4.92. The van der Waals surface area contributed by atoms with Crippen LogP contribution in [0.4, 0.5) is 4.79 Å². The molecule has 0 aliphatic carbocycles. The summed E-state index contributed by atoms with van der Waals surface area (Å²) in [7, 11) is 0. The number of morpholine rings is 1. The number of nitrogens with zero attached hydrogens (tertiary/aromatic N) is 3. The summed E-state index contributed by atoms with van der Waals surface area (Å²) in [6, 6.07) is 0. The predicted molar refractivity (Wildman–Crippen MR) is 76.4 cm³/mol. The van der Waals surface area contributed by atoms with Crippen LogP contribution in [0.5, 0.6) is 0 Å². The Bertz CT molecular complexity index is 554. The third-order valence-electron chi connectivity index (χ3n) is 3.02. The number of ketones is 1. The molecule has 8 nitrogen and oxygen atoms in total. The summed E-state index contributed by atoms with van der Waals surface area (Å²) in [5, 5.41) is 3.69. The van der Waals surface area contributed by atoms with E-state index < -0.39 is 11.5 Å². The van der Waals surface area contributed by atoms with Gasteiger partial charge in [-0.1, -0.05) is 25.9 Å². The lowest BCUT2D eigenvalue weighted by atomic mass is 9.88. The zero-order valence-corrected chi connectivity index (χ0v) is 12.9. The smallest absolute Gasteiger partial charge is 0.436 e. The summed E-state index contributed by atoms with van der Waals surface area (Å²) in [4.78, 5) is 34.6. The monoisotopic (exact) mass is 309 g/mol. The average molecular weight is 309 g/mol. The molecular weight excluding hydrogens is 290 g/mol. The number of amides is 1. The molecule has 1 fully saturated rings. The Labute approximate surface area is 128 Å². The molecule has 22 heavy (non-hydrogen) atoms. The molecule has 2 heterocycles. The molecule has 120 valence electrons. The number of hydrogen-bond donors (Lipinski definition) is 0. The van der Waals surface area contributed by atoms with Crippen LogP contribution >= 0.6 is 0 Å². The van der Waals surface area contributed by atoms with Gasteiger partial charge in [0.1, 0.15) is 6.26 Å². The molecule has 0 unspecified atom stereocenters. The highest BCUT2D eigenvalue weighted by Gasteiger charge is 2.31. The standard InChI is InChI=1S/C14H19N3O5/c1-14(2,3)11(18)10(12-15-4-7-21-12)16-22-13(19)17-5-8-20-9-6-17/h4,7H,5-6,8-9H2,1-3H3/b16-10+. The summed E-state index contributed by atoms with van der Waals surface area (Å²) < 4.78 is 10.3. The van der Waals surface area contributed by atoms with Crippen LogP contribution in [-0.2, 0) is 14.4 Å². The van der Waals surface area contributed by atoms with Crippen LogP contribution in [0.25, 0.3) is 0 Å². The van der Waals surface area contributed by atoms with E-state index >= 15 is 0 Å². The number of hydrogen-bond acceptors (Lipinski definition) is 7. The largest absolute Gasteiger partial charge is 0.443 e. The maximum absolute atomic E-state index is 12.4. The van der Waals surface area contributed by atoms with E-state index in [4.69, 9.17) is 14.0 Å². The van der Waals surface area contributed by atoms with E-state index in [-0.39, 0.29) is 17.4 Å². The lowest BCUT2D eigenvalue weighted by Crippen LogP contribution is -2.40. The van der Waals surface area contributed by atoms with Crippen LogP contribution in [0.15, 0.2) is 22.0 Å². The van der Waals surface area contributed by atoms with Gasteiger partial charge in [-0.15, -0.1) is 0 Å². The Morgan fingerprint density at radius 1 is 1.32 bits per heavy atom. The Balaban J connectivity index is 2.14. The second-order valence-electron chi connectivity index (χ2n) is 5.81. The number of oxazole rings is 1. The second kappa shape index (κ2) is 6.69. The minimum absolute atomic E-state index is 0.0229. The molecule has 0 aromatic carbocycles. The molecule has 1 saturated heterocycles. The minimum atomic E-state index is -0.710. The summed E-state index contributed by atoms with van der Waals surface area (Å²) >= 11 is 0. The molecule has 1 aromatic rings. The van der Waals surface area contributed by atoms with Gasteiger partial charge < -0.3 is 14.1 Å². The maximum Gasteiger partial charge on any atom is 0.436 e. The molecule has 0 saturated carbocycles. The third-order valence-corrected chi connectivity index (χ3v) is 3.02. The van der Waals surface area contributed by atoms with Gasteiger partial charge in [0.2, 0.25) is 5.71 Å². The Morgan fingerprint density at radius 3 is 2.55 bits per heavy atom. The molecule has 0 radical (unpaired) electrons. The number of ether oxygens (including phenoxy) is 1. The predicted octanol–water partition coefficient (Wildman–Crippen LogP) is 1.46. The van der Waals surface area contributed by atoms with Crippen LogP contribution in [-0.4, -0.2) is 53.8 Å². The fourth-order valence-electron chi connectivity index (χ4n) is 1.76. The summed E-state index contributed by atoms with van der Waals surface area (Å²) in [6.07, 6.45) is 2.09. The van der Waals surface area contributed by atoms with Gasteiger partial charge in [0.15, 0.2) is 5.78 Å². The molecule has 1 aliphatic rings. The first-order valence-electron chi connectivity index (χ1n) is 6.96. The zero-order valence-electron chi connectivity index (χ0n) is 12.9. The SMILES string of the molecule is CC(C)(C)C(=O)/C(=N\OC(=O)N1CCOCC1)c1ncco1. The van der Waals surface area contributed by atoms with Gasteiger partial charge in [-0.3, -0.25) is 9.63 Å². The maximum atomic E-state index is 12.4. The lowest BCUT2D eigenvalue weighted by Gasteiger charge is -2.24. The van der Waals surface area contributed by atoms with Crippen LogP contribution in [0.2, 0.25) is 0 Å². The van der Waals surface area contributed by atoms with Gasteiger partial charge in [-0.2, -0.15) is 0 Å². The highest BCUT2D eigenvalue weighted by molar-refractivity contribution is 6.46. The van der Waals surface area contributed by atoms with Crippen molar-refractivity contribution in [2.45, 2.75) is 20.8 Å². The minimum Gasteiger partial charge on any atom is -0.443 e. The van der Waals surface area contributed by atoms with Crippen molar-refractivity contribution in [1.82, 2.24) is 9.88 Å². The molecule has 0 spiro atoms. The van der Waals surface area contributed by atoms with Crippen molar-refractivity contribution in [3.8, 4) is 0 Å². The van der Waals surface area contributed by atoms with Gasteiger partial charge in [0.25, 0.3) is 5.89 Å². The van der Waals surface area contributed by atoms with Crippen LogP contribution in [0, 0.1) is 5.41 Å². The van der Waals surface area contributed by atoms with E-state index in [2.05, 4.69) is 10.1 Å². The first-order chi connectivity index (χ1) is 10.4. The van der Waals surface area contributed by atoms with E-state index in [0.29, 0.717) is 26.3 Å². The van der Waals surface area contributed by atoms with Gasteiger partial charge in [-0.05, 0) is 0 Å². The van der Waals surface area contributed by atoms with Crippen molar-refractivity contribution in [2.24, 2.45) is 10.6 Å². The van der Waals surface area contributed by atoms with Gasteiger partial charge in [0, 0.05) is 18.5 Å². The van der Waals surface area contributed by atoms with Crippen molar-refractivity contribution < 1.29 is 23.6 Å². The van der Waals surface area contributed by atoms with Crippen molar-refractivity contribution >= 4 is 17.6 Å². The Morgan fingerprint density at radius 2 is 2.00 bits per heavy atom. The quantitative estimate of drug-likeness (QED) is 0.476. The first-order valence-corrected chi connectivity index (χ1v) is 6.96. The molecule has 1 aromatic heterocycles. The molecule has 2 rings (SSSR count). The van der Waals surface area contributed by atoms with E-state index in [0.717, 1.165) is 0 Å². The number of Topliss-reactive ketones (excluding diaryl/α,β-unsaturated/α-hetero) is 1. The number of aromatic nitrogens is 1. The highest BCUT2D eigenvalue weighted by atomic mass is 16.7. The van der Waals surface area contributed by atoms with Crippen LogP contribution in [0.3, 0.4) is 0 Å². The molecule has 0 N–H and O–H groups in total. The first kappa shape index (κ1) is 16.2. The molecule has 1 amide bonds. The number of carbonyl (C=O) groups is 2. The van der Waals surface area contributed by atoms with E-state index in [9.17, 15) is 9.59 Å². The summed E-state index contributed by atoms with van der Waals surface area (Å²) in [5.74, 6) is -0.306. The van der Waals surface area contributed by atoms with Gasteiger partial charge in [0.05, 0.1) is 19.4 Å². The average Bonchev–Trinajstić information content (AvgIpc) is 3.01. The topological polar surface area (TPSA) is 94.2 Å². The third kappa shape index (κ3) is 3.91. The molecule has 1 aliphatic heterocycles. The van der Waals surface area contributed by atoms with Crippen molar-refractivity contribution in [3.05, 3.63) is 18.4 Å². The molecule has 0 bridgehead atoms. The van der Waals surface area contributed by atoms with Crippen molar-refractivity contribution in [1.29, 1.82) is 0 Å². The van der Waals surface area contributed by atoms with Crippen molar-refractivity contribution in [2.75, 3.05) is 26.3 Å². The second-order valence-corrected chi connectivity index (χ2v) is 5.81. The van der Waals surface area contributed by atoms with E-state index in [1.54, 1.807) is 20.8 Å². The van der Waals surface area contributed by atoms with Gasteiger partial charge in [-0.25, -0.2) is 9.78 Å². The van der Waals surface area contributed by atoms with E-state index in [1.807, 2.05) is 0 Å². The van der Waals surface area contributed by atoms with Crippen LogP contribution in [0.1, 0.15) is 26.7 Å². The molecule has 0 atom stereocenters. The number of oxime groups is 1. The zero-order chi connectivity index (χ0) is 16.2. The summed E-state index contributed by atoms with van der Waals surface area (Å²) in [5.41, 5.74) is -0.822. The fourth-order valence-corrected chi connectivity index (χ4v) is 1.76. The van der Waals surface area contributed by atoms with E-state index in [1.165, 1.54) is 17.4 Å². The normalized spacial score (nSPS) is 16.5. The molecular formula is C14H19N3O5.